The van der Waals surface area contributed by atoms with E-state index in [0.717, 1.165) is 21.4 Å². The van der Waals surface area contributed by atoms with Crippen LogP contribution < -0.4 is 4.74 Å². The van der Waals surface area contributed by atoms with E-state index in [2.05, 4.69) is 20.9 Å². The van der Waals surface area contributed by atoms with Crippen molar-refractivity contribution < 1.29 is 9.53 Å². The number of hydrogen-bond donors (Lipinski definition) is 0. The highest BCUT2D eigenvalue weighted by molar-refractivity contribution is 9.10. The lowest BCUT2D eigenvalue weighted by molar-refractivity contribution is -0.133. The van der Waals surface area contributed by atoms with Crippen LogP contribution >= 0.6 is 39.1 Å². The average molecular weight is 497 g/mol. The zero-order chi connectivity index (χ0) is 21.1. The van der Waals surface area contributed by atoms with Crippen molar-refractivity contribution in [1.82, 2.24) is 14.5 Å². The number of aryl methyl sites for hydroxylation is 2. The van der Waals surface area contributed by atoms with Gasteiger partial charge < -0.3 is 14.2 Å². The van der Waals surface area contributed by atoms with Crippen LogP contribution in [0.25, 0.3) is 0 Å². The highest BCUT2D eigenvalue weighted by Gasteiger charge is 2.27. The van der Waals surface area contributed by atoms with Gasteiger partial charge in [-0.3, -0.25) is 4.79 Å². The average Bonchev–Trinajstić information content (AvgIpc) is 3.08. The molecule has 0 unspecified atom stereocenters. The Morgan fingerprint density at radius 2 is 1.97 bits per heavy atom. The van der Waals surface area contributed by atoms with Gasteiger partial charge in [0, 0.05) is 36.0 Å². The molecule has 2 aromatic carbocycles. The van der Waals surface area contributed by atoms with Gasteiger partial charge in [-0.2, -0.15) is 0 Å². The Balaban J connectivity index is 1.84. The van der Waals surface area contributed by atoms with Crippen LogP contribution in [0.5, 0.6) is 5.75 Å². The first-order valence-corrected chi connectivity index (χ1v) is 10.4. The molecule has 1 heterocycles. The van der Waals surface area contributed by atoms with E-state index < -0.39 is 0 Å². The number of likely N-dealkylation sites (N-methyl/N-ethyl adjacent to an activating group) is 1. The Bertz CT molecular complexity index is 998. The van der Waals surface area contributed by atoms with Gasteiger partial charge in [-0.05, 0) is 42.3 Å². The first kappa shape index (κ1) is 21.7. The van der Waals surface area contributed by atoms with Crippen LogP contribution in [0.4, 0.5) is 0 Å². The molecular weight excluding hydrogens is 477 g/mol. The summed E-state index contributed by atoms with van der Waals surface area (Å²) in [6.07, 6.45) is 3.55. The Morgan fingerprint density at radius 3 is 2.55 bits per heavy atom. The van der Waals surface area contributed by atoms with Gasteiger partial charge >= 0.3 is 0 Å². The zero-order valence-corrected chi connectivity index (χ0v) is 19.3. The molecule has 0 saturated heterocycles. The molecule has 0 radical (unpaired) electrons. The number of amides is 1. The maximum atomic E-state index is 13.0. The predicted octanol–water partition coefficient (Wildman–Crippen LogP) is 5.42. The maximum Gasteiger partial charge on any atom is 0.261 e. The fourth-order valence-electron chi connectivity index (χ4n) is 3.08. The van der Waals surface area contributed by atoms with Crippen molar-refractivity contribution in [3.63, 3.8) is 0 Å². The minimum atomic E-state index is -0.384. The molecule has 1 atom stereocenters. The van der Waals surface area contributed by atoms with Crippen molar-refractivity contribution in [1.29, 1.82) is 0 Å². The number of nitrogens with zero attached hydrogens (tertiary/aromatic N) is 3. The number of rotatable bonds is 6. The molecule has 3 aromatic rings. The van der Waals surface area contributed by atoms with E-state index in [9.17, 15) is 4.79 Å². The van der Waals surface area contributed by atoms with Gasteiger partial charge in [0.05, 0.1) is 5.02 Å². The van der Waals surface area contributed by atoms with Crippen LogP contribution in [-0.4, -0.2) is 34.0 Å². The normalized spacial score (nSPS) is 11.9. The second-order valence-corrected chi connectivity index (χ2v) is 8.44. The third-order valence-corrected chi connectivity index (χ3v) is 5.59. The molecule has 0 aliphatic carbocycles. The Kier molecular flexibility index (Phi) is 6.88. The van der Waals surface area contributed by atoms with Gasteiger partial charge in [0.15, 0.2) is 6.61 Å². The molecule has 0 fully saturated rings. The van der Waals surface area contributed by atoms with Gasteiger partial charge in [0.2, 0.25) is 0 Å². The van der Waals surface area contributed by atoms with Gasteiger partial charge in [-0.25, -0.2) is 4.98 Å². The summed E-state index contributed by atoms with van der Waals surface area (Å²) in [6.45, 7) is 1.73. The predicted molar refractivity (Wildman–Crippen MR) is 119 cm³/mol. The first-order chi connectivity index (χ1) is 13.8. The van der Waals surface area contributed by atoms with Crippen molar-refractivity contribution >= 4 is 45.0 Å². The zero-order valence-electron chi connectivity index (χ0n) is 16.2. The largest absolute Gasteiger partial charge is 0.482 e. The second-order valence-electron chi connectivity index (χ2n) is 6.68. The maximum absolute atomic E-state index is 13.0. The molecule has 1 aromatic heterocycles. The van der Waals surface area contributed by atoms with Crippen LogP contribution in [0.15, 0.2) is 53.3 Å². The molecule has 0 aliphatic rings. The lowest BCUT2D eigenvalue weighted by Gasteiger charge is -2.28. The van der Waals surface area contributed by atoms with Crippen molar-refractivity contribution in [3.05, 3.63) is 80.3 Å². The van der Waals surface area contributed by atoms with Crippen LogP contribution in [0.2, 0.25) is 10.0 Å². The molecule has 0 aliphatic heterocycles. The van der Waals surface area contributed by atoms with Gasteiger partial charge in [0.1, 0.15) is 17.6 Å². The Morgan fingerprint density at radius 1 is 1.28 bits per heavy atom. The van der Waals surface area contributed by atoms with Crippen molar-refractivity contribution in [2.45, 2.75) is 13.0 Å². The quantitative estimate of drug-likeness (QED) is 0.457. The van der Waals surface area contributed by atoms with E-state index in [-0.39, 0.29) is 18.6 Å². The van der Waals surface area contributed by atoms with Crippen LogP contribution in [0.3, 0.4) is 0 Å². The molecule has 29 heavy (non-hydrogen) atoms. The summed E-state index contributed by atoms with van der Waals surface area (Å²) in [5.74, 6) is 1.03. The molecule has 3 rings (SSSR count). The van der Waals surface area contributed by atoms with Crippen molar-refractivity contribution in [2.75, 3.05) is 13.7 Å². The molecule has 0 spiro atoms. The lowest BCUT2D eigenvalue weighted by Crippen LogP contribution is -2.36. The number of hydrogen-bond acceptors (Lipinski definition) is 3. The van der Waals surface area contributed by atoms with Gasteiger partial charge in [-0.1, -0.05) is 51.3 Å². The monoisotopic (exact) mass is 495 g/mol. The summed E-state index contributed by atoms with van der Waals surface area (Å²) >= 11 is 15.7. The highest BCUT2D eigenvalue weighted by Crippen LogP contribution is 2.32. The van der Waals surface area contributed by atoms with E-state index >= 15 is 0 Å². The van der Waals surface area contributed by atoms with Gasteiger partial charge in [0.25, 0.3) is 5.91 Å². The first-order valence-electron chi connectivity index (χ1n) is 8.84. The molecular formula is C21H20BrCl2N3O2. The number of halogens is 3. The van der Waals surface area contributed by atoms with E-state index in [1.54, 1.807) is 36.3 Å². The minimum absolute atomic E-state index is 0.146. The molecule has 5 nitrogen and oxygen atoms in total. The fourth-order valence-corrected chi connectivity index (χ4v) is 4.23. The third kappa shape index (κ3) is 4.94. The van der Waals surface area contributed by atoms with E-state index in [4.69, 9.17) is 27.9 Å². The number of aromatic nitrogens is 2. The number of benzene rings is 2. The number of ether oxygens (including phenoxy) is 1. The SMILES string of the molecule is Cc1cc(Br)cc(Cl)c1OCC(=O)N(C)[C@@H](c1ccc(Cl)cc1)c1nccn1C. The summed E-state index contributed by atoms with van der Waals surface area (Å²) in [6, 6.07) is 10.6. The lowest BCUT2D eigenvalue weighted by atomic mass is 10.0. The molecule has 0 bridgehead atoms. The second kappa shape index (κ2) is 9.20. The summed E-state index contributed by atoms with van der Waals surface area (Å²) in [4.78, 5) is 19.0. The standard InChI is InChI=1S/C21H20BrCl2N3O2/c1-13-10-15(22)11-17(24)20(13)29-12-18(28)27(3)19(21-25-8-9-26(21)2)14-4-6-16(23)7-5-14/h4-11,19H,12H2,1-3H3/t19-/m0/s1. The van der Waals surface area contributed by atoms with Crippen LogP contribution in [0, 0.1) is 6.92 Å². The van der Waals surface area contributed by atoms with E-state index in [0.29, 0.717) is 15.8 Å². The summed E-state index contributed by atoms with van der Waals surface area (Å²) in [7, 11) is 3.63. The minimum Gasteiger partial charge on any atom is -0.482 e. The fraction of sp³-hybridized carbons (Fsp3) is 0.238. The van der Waals surface area contributed by atoms with E-state index in [1.165, 1.54) is 0 Å². The van der Waals surface area contributed by atoms with E-state index in [1.807, 2.05) is 42.9 Å². The smallest absolute Gasteiger partial charge is 0.261 e. The molecule has 8 heteroatoms. The Labute approximate surface area is 188 Å². The van der Waals surface area contributed by atoms with Crippen LogP contribution in [0.1, 0.15) is 23.0 Å². The van der Waals surface area contributed by atoms with Crippen molar-refractivity contribution in [2.24, 2.45) is 7.05 Å². The summed E-state index contributed by atoms with van der Waals surface area (Å²) in [5, 5.41) is 1.08. The number of carbonyl (C=O) groups is 1. The van der Waals surface area contributed by atoms with Crippen LogP contribution in [-0.2, 0) is 11.8 Å². The molecule has 152 valence electrons. The Hall–Kier alpha value is -2.02. The topological polar surface area (TPSA) is 47.4 Å². The van der Waals surface area contributed by atoms with Crippen molar-refractivity contribution in [3.8, 4) is 5.75 Å². The third-order valence-electron chi connectivity index (χ3n) is 4.60. The molecule has 0 N–H and O–H groups in total. The highest BCUT2D eigenvalue weighted by atomic mass is 79.9. The molecule has 0 saturated carbocycles. The number of carbonyl (C=O) groups excluding carboxylic acids is 1. The van der Waals surface area contributed by atoms with Gasteiger partial charge in [-0.15, -0.1) is 0 Å². The number of imidazole rings is 1. The summed E-state index contributed by atoms with van der Waals surface area (Å²) in [5.41, 5.74) is 1.75. The molecule has 1 amide bonds. The summed E-state index contributed by atoms with van der Waals surface area (Å²) < 4.78 is 8.51.